The van der Waals surface area contributed by atoms with Crippen LogP contribution in [0.1, 0.15) is 17.2 Å². The Morgan fingerprint density at radius 3 is 2.59 bits per heavy atom. The number of amides is 1. The molecule has 0 aliphatic heterocycles. The highest BCUT2D eigenvalue weighted by atomic mass is 19.1. The first-order valence-corrected chi connectivity index (χ1v) is 6.73. The van der Waals surface area contributed by atoms with E-state index >= 15 is 0 Å². The van der Waals surface area contributed by atoms with Crippen LogP contribution in [-0.2, 0) is 4.79 Å². The molecule has 5 heteroatoms. The van der Waals surface area contributed by atoms with Crippen molar-refractivity contribution in [2.24, 2.45) is 0 Å². The Bertz CT molecular complexity index is 693. The van der Waals surface area contributed by atoms with E-state index in [0.29, 0.717) is 5.56 Å². The van der Waals surface area contributed by atoms with E-state index in [0.717, 1.165) is 5.56 Å². The SMILES string of the molecule is Cc1ccc(C(C#N)NC(=O)COc2ccccc2F)cc1. The number of aryl methyl sites for hydroxylation is 1. The number of rotatable bonds is 5. The Kier molecular flexibility index (Phi) is 5.10. The molecular formula is C17H15FN2O2. The molecule has 0 aromatic heterocycles. The fourth-order valence-corrected chi connectivity index (χ4v) is 1.86. The molecule has 0 saturated carbocycles. The zero-order valence-electron chi connectivity index (χ0n) is 12.0. The highest BCUT2D eigenvalue weighted by Gasteiger charge is 2.14. The van der Waals surface area contributed by atoms with Gasteiger partial charge in [0.25, 0.3) is 5.91 Å². The number of nitrogens with one attached hydrogen (secondary N) is 1. The van der Waals surface area contributed by atoms with Crippen LogP contribution in [0.25, 0.3) is 0 Å². The van der Waals surface area contributed by atoms with Crippen LogP contribution in [0.3, 0.4) is 0 Å². The molecule has 0 aliphatic rings. The van der Waals surface area contributed by atoms with Crippen molar-refractivity contribution in [3.8, 4) is 11.8 Å². The summed E-state index contributed by atoms with van der Waals surface area (Å²) in [6.45, 7) is 1.58. The summed E-state index contributed by atoms with van der Waals surface area (Å²) < 4.78 is 18.5. The van der Waals surface area contributed by atoms with Crippen molar-refractivity contribution in [1.29, 1.82) is 5.26 Å². The van der Waals surface area contributed by atoms with Gasteiger partial charge < -0.3 is 10.1 Å². The summed E-state index contributed by atoms with van der Waals surface area (Å²) in [5, 5.41) is 11.7. The lowest BCUT2D eigenvalue weighted by Gasteiger charge is -2.13. The minimum absolute atomic E-state index is 0.00138. The van der Waals surface area contributed by atoms with Crippen molar-refractivity contribution in [3.05, 3.63) is 65.5 Å². The zero-order valence-corrected chi connectivity index (χ0v) is 12.0. The molecule has 0 heterocycles. The molecule has 0 spiro atoms. The van der Waals surface area contributed by atoms with E-state index in [1.54, 1.807) is 18.2 Å². The molecule has 1 atom stereocenters. The molecule has 1 amide bonds. The number of para-hydroxylation sites is 1. The van der Waals surface area contributed by atoms with Gasteiger partial charge in [-0.2, -0.15) is 5.26 Å². The Hall–Kier alpha value is -2.87. The van der Waals surface area contributed by atoms with Gasteiger partial charge in [-0.15, -0.1) is 0 Å². The lowest BCUT2D eigenvalue weighted by molar-refractivity contribution is -0.123. The van der Waals surface area contributed by atoms with Crippen molar-refractivity contribution in [3.63, 3.8) is 0 Å². The third-order valence-corrected chi connectivity index (χ3v) is 3.04. The first-order valence-electron chi connectivity index (χ1n) is 6.73. The molecular weight excluding hydrogens is 283 g/mol. The second-order valence-corrected chi connectivity index (χ2v) is 4.76. The number of ether oxygens (including phenoxy) is 1. The smallest absolute Gasteiger partial charge is 0.259 e. The summed E-state index contributed by atoms with van der Waals surface area (Å²) in [6.07, 6.45) is 0. The third kappa shape index (κ3) is 4.06. The first kappa shape index (κ1) is 15.5. The zero-order chi connectivity index (χ0) is 15.9. The largest absolute Gasteiger partial charge is 0.481 e. The van der Waals surface area contributed by atoms with E-state index in [-0.39, 0.29) is 12.4 Å². The second-order valence-electron chi connectivity index (χ2n) is 4.76. The minimum Gasteiger partial charge on any atom is -0.481 e. The van der Waals surface area contributed by atoms with Gasteiger partial charge >= 0.3 is 0 Å². The Labute approximate surface area is 128 Å². The van der Waals surface area contributed by atoms with Gasteiger partial charge in [-0.05, 0) is 24.6 Å². The van der Waals surface area contributed by atoms with Crippen molar-refractivity contribution in [2.45, 2.75) is 13.0 Å². The maximum Gasteiger partial charge on any atom is 0.259 e. The molecule has 0 aliphatic carbocycles. The fourth-order valence-electron chi connectivity index (χ4n) is 1.86. The first-order chi connectivity index (χ1) is 10.6. The molecule has 1 N–H and O–H groups in total. The highest BCUT2D eigenvalue weighted by Crippen LogP contribution is 2.16. The summed E-state index contributed by atoms with van der Waals surface area (Å²) in [4.78, 5) is 11.8. The molecule has 2 aromatic carbocycles. The number of benzene rings is 2. The molecule has 2 rings (SSSR count). The maximum atomic E-state index is 13.4. The van der Waals surface area contributed by atoms with Crippen molar-refractivity contribution in [1.82, 2.24) is 5.32 Å². The second kappa shape index (κ2) is 7.23. The van der Waals surface area contributed by atoms with Crippen LogP contribution in [0.5, 0.6) is 5.75 Å². The number of halogens is 1. The molecule has 1 unspecified atom stereocenters. The van der Waals surface area contributed by atoms with E-state index in [1.807, 2.05) is 25.1 Å². The molecule has 0 fully saturated rings. The molecule has 0 saturated heterocycles. The van der Waals surface area contributed by atoms with Gasteiger partial charge in [-0.1, -0.05) is 42.0 Å². The van der Waals surface area contributed by atoms with E-state index in [9.17, 15) is 9.18 Å². The summed E-state index contributed by atoms with van der Waals surface area (Å²) in [6, 6.07) is 14.4. The van der Waals surface area contributed by atoms with Gasteiger partial charge in [0.15, 0.2) is 18.2 Å². The van der Waals surface area contributed by atoms with Crippen LogP contribution in [0.15, 0.2) is 48.5 Å². The lowest BCUT2D eigenvalue weighted by atomic mass is 10.1. The van der Waals surface area contributed by atoms with Crippen LogP contribution in [-0.4, -0.2) is 12.5 Å². The van der Waals surface area contributed by atoms with E-state index in [4.69, 9.17) is 10.00 Å². The van der Waals surface area contributed by atoms with E-state index < -0.39 is 17.8 Å². The average Bonchev–Trinajstić information content (AvgIpc) is 2.53. The van der Waals surface area contributed by atoms with Crippen LogP contribution in [0, 0.1) is 24.1 Å². The number of carbonyl (C=O) groups is 1. The maximum absolute atomic E-state index is 13.4. The van der Waals surface area contributed by atoms with Gasteiger partial charge in [-0.3, -0.25) is 4.79 Å². The molecule has 22 heavy (non-hydrogen) atoms. The molecule has 2 aromatic rings. The number of hydrogen-bond donors (Lipinski definition) is 1. The monoisotopic (exact) mass is 298 g/mol. The Balaban J connectivity index is 1.94. The van der Waals surface area contributed by atoms with Crippen molar-refractivity contribution in [2.75, 3.05) is 6.61 Å². The highest BCUT2D eigenvalue weighted by molar-refractivity contribution is 5.78. The predicted molar refractivity (Wildman–Crippen MR) is 79.6 cm³/mol. The number of nitriles is 1. The van der Waals surface area contributed by atoms with Crippen molar-refractivity contribution >= 4 is 5.91 Å². The average molecular weight is 298 g/mol. The van der Waals surface area contributed by atoms with E-state index in [2.05, 4.69) is 5.32 Å². The van der Waals surface area contributed by atoms with Gasteiger partial charge in [0, 0.05) is 0 Å². The number of carbonyl (C=O) groups excluding carboxylic acids is 1. The minimum atomic E-state index is -0.766. The summed E-state index contributed by atoms with van der Waals surface area (Å²) in [5.41, 5.74) is 1.75. The predicted octanol–water partition coefficient (Wildman–Crippen LogP) is 2.89. The summed E-state index contributed by atoms with van der Waals surface area (Å²) >= 11 is 0. The molecule has 4 nitrogen and oxygen atoms in total. The number of hydrogen-bond acceptors (Lipinski definition) is 3. The van der Waals surface area contributed by atoms with Gasteiger partial charge in [0.2, 0.25) is 0 Å². The van der Waals surface area contributed by atoms with Crippen LogP contribution >= 0.6 is 0 Å². The van der Waals surface area contributed by atoms with Crippen molar-refractivity contribution < 1.29 is 13.9 Å². The lowest BCUT2D eigenvalue weighted by Crippen LogP contribution is -2.32. The standard InChI is InChI=1S/C17H15FN2O2/c1-12-6-8-13(9-7-12)15(10-19)20-17(21)11-22-16-5-3-2-4-14(16)18/h2-9,15H,11H2,1H3,(H,20,21). The fraction of sp³-hybridized carbons (Fsp3) is 0.176. The Morgan fingerprint density at radius 2 is 1.95 bits per heavy atom. The summed E-state index contributed by atoms with van der Waals surface area (Å²) in [5.74, 6) is -1.03. The van der Waals surface area contributed by atoms with Gasteiger partial charge in [0.05, 0.1) is 6.07 Å². The normalized spacial score (nSPS) is 11.3. The topological polar surface area (TPSA) is 62.1 Å². The van der Waals surface area contributed by atoms with E-state index in [1.165, 1.54) is 18.2 Å². The Morgan fingerprint density at radius 1 is 1.27 bits per heavy atom. The quantitative estimate of drug-likeness (QED) is 0.923. The molecule has 0 radical (unpaired) electrons. The summed E-state index contributed by atoms with van der Waals surface area (Å²) in [7, 11) is 0. The third-order valence-electron chi connectivity index (χ3n) is 3.04. The molecule has 112 valence electrons. The molecule has 0 bridgehead atoms. The van der Waals surface area contributed by atoms with Crippen LogP contribution in [0.2, 0.25) is 0 Å². The van der Waals surface area contributed by atoms with Gasteiger partial charge in [-0.25, -0.2) is 4.39 Å². The van der Waals surface area contributed by atoms with Crippen LogP contribution in [0.4, 0.5) is 4.39 Å². The van der Waals surface area contributed by atoms with Crippen LogP contribution < -0.4 is 10.1 Å². The van der Waals surface area contributed by atoms with Gasteiger partial charge in [0.1, 0.15) is 6.04 Å². The number of nitrogens with zero attached hydrogens (tertiary/aromatic N) is 1.